The van der Waals surface area contributed by atoms with Crippen molar-refractivity contribution in [3.63, 3.8) is 0 Å². The van der Waals surface area contributed by atoms with Crippen LogP contribution in [0.2, 0.25) is 0 Å². The lowest BCUT2D eigenvalue weighted by molar-refractivity contribution is -0.111. The fourth-order valence-electron chi connectivity index (χ4n) is 2.49. The van der Waals surface area contributed by atoms with Crippen molar-refractivity contribution in [3.8, 4) is 11.5 Å². The normalized spacial score (nSPS) is 13.0. The highest BCUT2D eigenvalue weighted by molar-refractivity contribution is 6.02. The van der Waals surface area contributed by atoms with Gasteiger partial charge in [0, 0.05) is 23.9 Å². The number of carbonyl (C=O) groups excluding carboxylic acids is 1. The molecule has 5 heteroatoms. The first-order valence-corrected chi connectivity index (χ1v) is 8.30. The summed E-state index contributed by atoms with van der Waals surface area (Å²) in [5, 5.41) is 2.89. The second kappa shape index (κ2) is 8.35. The van der Waals surface area contributed by atoms with Crippen molar-refractivity contribution in [2.24, 2.45) is 0 Å². The Morgan fingerprint density at radius 2 is 1.96 bits per heavy atom. The Labute approximate surface area is 147 Å². The van der Waals surface area contributed by atoms with Crippen LogP contribution in [0.1, 0.15) is 18.1 Å². The van der Waals surface area contributed by atoms with Gasteiger partial charge in [0.1, 0.15) is 13.2 Å². The SMILES string of the molecule is CCOCc1ccccc1NC(=O)/C=C/c1ccc2c(c1)OCCO2. The quantitative estimate of drug-likeness (QED) is 0.816. The summed E-state index contributed by atoms with van der Waals surface area (Å²) in [6.45, 7) is 4.14. The van der Waals surface area contributed by atoms with Crippen LogP contribution in [0.5, 0.6) is 11.5 Å². The molecular formula is C20H21NO4. The number of benzene rings is 2. The van der Waals surface area contributed by atoms with Gasteiger partial charge in [-0.05, 0) is 36.8 Å². The molecule has 2 aromatic rings. The highest BCUT2D eigenvalue weighted by atomic mass is 16.6. The summed E-state index contributed by atoms with van der Waals surface area (Å²) < 4.78 is 16.5. The van der Waals surface area contributed by atoms with Gasteiger partial charge in [-0.2, -0.15) is 0 Å². The predicted molar refractivity (Wildman–Crippen MR) is 96.9 cm³/mol. The van der Waals surface area contributed by atoms with Crippen molar-refractivity contribution in [2.45, 2.75) is 13.5 Å². The number of carbonyl (C=O) groups is 1. The van der Waals surface area contributed by atoms with Crippen molar-refractivity contribution in [1.29, 1.82) is 0 Å². The summed E-state index contributed by atoms with van der Waals surface area (Å²) in [7, 11) is 0. The van der Waals surface area contributed by atoms with Crippen LogP contribution in [0.25, 0.3) is 6.08 Å². The number of fused-ring (bicyclic) bond motifs is 1. The fraction of sp³-hybridized carbons (Fsp3) is 0.250. The van der Waals surface area contributed by atoms with Crippen LogP contribution in [0.15, 0.2) is 48.5 Å². The molecule has 0 atom stereocenters. The molecule has 1 heterocycles. The Morgan fingerprint density at radius 3 is 2.80 bits per heavy atom. The third kappa shape index (κ3) is 4.61. The molecule has 0 aromatic heterocycles. The average Bonchev–Trinajstić information content (AvgIpc) is 2.65. The van der Waals surface area contributed by atoms with E-state index >= 15 is 0 Å². The Morgan fingerprint density at radius 1 is 1.16 bits per heavy atom. The molecule has 1 amide bonds. The number of anilines is 1. The van der Waals surface area contributed by atoms with Gasteiger partial charge in [0.25, 0.3) is 0 Å². The molecule has 5 nitrogen and oxygen atoms in total. The third-order valence-electron chi connectivity index (χ3n) is 3.73. The van der Waals surface area contributed by atoms with Gasteiger partial charge in [0.2, 0.25) is 5.91 Å². The minimum atomic E-state index is -0.196. The molecule has 0 unspecified atom stereocenters. The molecular weight excluding hydrogens is 318 g/mol. The first-order valence-electron chi connectivity index (χ1n) is 8.30. The maximum atomic E-state index is 12.2. The molecule has 0 fully saturated rings. The fourth-order valence-corrected chi connectivity index (χ4v) is 2.49. The van der Waals surface area contributed by atoms with Crippen LogP contribution < -0.4 is 14.8 Å². The Balaban J connectivity index is 1.65. The molecule has 25 heavy (non-hydrogen) atoms. The second-order valence-electron chi connectivity index (χ2n) is 5.52. The Bertz CT molecular complexity index is 770. The lowest BCUT2D eigenvalue weighted by atomic mass is 10.1. The standard InChI is InChI=1S/C20H21NO4/c1-2-23-14-16-5-3-4-6-17(16)21-20(22)10-8-15-7-9-18-19(13-15)25-12-11-24-18/h3-10,13H,2,11-12,14H2,1H3,(H,21,22)/b10-8+. The van der Waals surface area contributed by atoms with E-state index in [1.807, 2.05) is 49.4 Å². The monoisotopic (exact) mass is 339 g/mol. The summed E-state index contributed by atoms with van der Waals surface area (Å²) in [5.41, 5.74) is 2.58. The van der Waals surface area contributed by atoms with Gasteiger partial charge in [-0.25, -0.2) is 0 Å². The van der Waals surface area contributed by atoms with Crippen LogP contribution in [-0.2, 0) is 16.1 Å². The lowest BCUT2D eigenvalue weighted by Gasteiger charge is -2.18. The molecule has 0 bridgehead atoms. The number of hydrogen-bond acceptors (Lipinski definition) is 4. The smallest absolute Gasteiger partial charge is 0.248 e. The zero-order valence-corrected chi connectivity index (χ0v) is 14.2. The first kappa shape index (κ1) is 17.0. The predicted octanol–water partition coefficient (Wildman–Crippen LogP) is 3.65. The highest BCUT2D eigenvalue weighted by Crippen LogP contribution is 2.31. The molecule has 130 valence electrons. The van der Waals surface area contributed by atoms with E-state index in [1.54, 1.807) is 6.08 Å². The Kier molecular flexibility index (Phi) is 5.69. The largest absolute Gasteiger partial charge is 0.486 e. The topological polar surface area (TPSA) is 56.8 Å². The zero-order valence-electron chi connectivity index (χ0n) is 14.2. The molecule has 0 aliphatic carbocycles. The van der Waals surface area contributed by atoms with E-state index in [0.717, 1.165) is 22.6 Å². The van der Waals surface area contributed by atoms with Gasteiger partial charge in [-0.1, -0.05) is 24.3 Å². The summed E-state index contributed by atoms with van der Waals surface area (Å²) in [4.78, 5) is 12.2. The van der Waals surface area contributed by atoms with E-state index in [4.69, 9.17) is 14.2 Å². The number of amides is 1. The third-order valence-corrected chi connectivity index (χ3v) is 3.73. The molecule has 1 aliphatic rings. The molecule has 0 saturated heterocycles. The van der Waals surface area contributed by atoms with Crippen LogP contribution >= 0.6 is 0 Å². The second-order valence-corrected chi connectivity index (χ2v) is 5.52. The van der Waals surface area contributed by atoms with Gasteiger partial charge < -0.3 is 19.5 Å². The summed E-state index contributed by atoms with van der Waals surface area (Å²) >= 11 is 0. The van der Waals surface area contributed by atoms with Crippen molar-refractivity contribution < 1.29 is 19.0 Å². The van der Waals surface area contributed by atoms with Gasteiger partial charge in [-0.3, -0.25) is 4.79 Å². The van der Waals surface area contributed by atoms with E-state index in [0.29, 0.717) is 32.2 Å². The van der Waals surface area contributed by atoms with E-state index in [1.165, 1.54) is 6.08 Å². The number of hydrogen-bond donors (Lipinski definition) is 1. The number of rotatable bonds is 6. The molecule has 3 rings (SSSR count). The maximum absolute atomic E-state index is 12.2. The van der Waals surface area contributed by atoms with Gasteiger partial charge >= 0.3 is 0 Å². The number of nitrogens with one attached hydrogen (secondary N) is 1. The van der Waals surface area contributed by atoms with E-state index in [-0.39, 0.29) is 5.91 Å². The number of para-hydroxylation sites is 1. The van der Waals surface area contributed by atoms with Crippen LogP contribution in [0.3, 0.4) is 0 Å². The summed E-state index contributed by atoms with van der Waals surface area (Å²) in [6, 6.07) is 13.2. The molecule has 0 radical (unpaired) electrons. The average molecular weight is 339 g/mol. The van der Waals surface area contributed by atoms with E-state index < -0.39 is 0 Å². The van der Waals surface area contributed by atoms with Crippen LogP contribution in [0, 0.1) is 0 Å². The minimum absolute atomic E-state index is 0.196. The molecule has 1 aliphatic heterocycles. The minimum Gasteiger partial charge on any atom is -0.486 e. The molecule has 0 saturated carbocycles. The van der Waals surface area contributed by atoms with Crippen molar-refractivity contribution >= 4 is 17.7 Å². The summed E-state index contributed by atoms with van der Waals surface area (Å²) in [5.74, 6) is 1.24. The number of ether oxygens (including phenoxy) is 3. The zero-order chi connectivity index (χ0) is 17.5. The molecule has 0 spiro atoms. The lowest BCUT2D eigenvalue weighted by Crippen LogP contribution is -2.15. The molecule has 1 N–H and O–H groups in total. The van der Waals surface area contributed by atoms with Crippen LogP contribution in [0.4, 0.5) is 5.69 Å². The van der Waals surface area contributed by atoms with Gasteiger partial charge in [0.15, 0.2) is 11.5 Å². The first-order chi connectivity index (χ1) is 12.3. The summed E-state index contributed by atoms with van der Waals surface area (Å²) in [6.07, 6.45) is 3.25. The van der Waals surface area contributed by atoms with Gasteiger partial charge in [-0.15, -0.1) is 0 Å². The van der Waals surface area contributed by atoms with Crippen molar-refractivity contribution in [1.82, 2.24) is 0 Å². The van der Waals surface area contributed by atoms with E-state index in [2.05, 4.69) is 5.32 Å². The Hall–Kier alpha value is -2.79. The van der Waals surface area contributed by atoms with Crippen molar-refractivity contribution in [3.05, 3.63) is 59.7 Å². The van der Waals surface area contributed by atoms with Crippen LogP contribution in [-0.4, -0.2) is 25.7 Å². The highest BCUT2D eigenvalue weighted by Gasteiger charge is 2.11. The van der Waals surface area contributed by atoms with Gasteiger partial charge in [0.05, 0.1) is 6.61 Å². The maximum Gasteiger partial charge on any atom is 0.248 e. The van der Waals surface area contributed by atoms with E-state index in [9.17, 15) is 4.79 Å². The van der Waals surface area contributed by atoms with Crippen molar-refractivity contribution in [2.75, 3.05) is 25.1 Å². The molecule has 2 aromatic carbocycles.